The highest BCUT2D eigenvalue weighted by Gasteiger charge is 2.09. The van der Waals surface area contributed by atoms with E-state index in [1.54, 1.807) is 30.5 Å². The first kappa shape index (κ1) is 17.3. The lowest BCUT2D eigenvalue weighted by Gasteiger charge is -2.09. The number of anilines is 2. The molecule has 0 radical (unpaired) electrons. The van der Waals surface area contributed by atoms with Crippen LogP contribution in [-0.4, -0.2) is 10.9 Å². The van der Waals surface area contributed by atoms with Crippen LogP contribution in [0, 0.1) is 0 Å². The molecule has 6 heteroatoms. The van der Waals surface area contributed by atoms with Gasteiger partial charge < -0.3 is 10.6 Å². The molecule has 126 valence electrons. The third-order valence-corrected chi connectivity index (χ3v) is 4.26. The number of hydrogen-bond donors (Lipinski definition) is 2. The van der Waals surface area contributed by atoms with Gasteiger partial charge in [0.2, 0.25) is 0 Å². The van der Waals surface area contributed by atoms with Crippen molar-refractivity contribution in [2.45, 2.75) is 6.54 Å². The molecule has 1 heterocycles. The fraction of sp³-hybridized carbons (Fsp3) is 0.0526. The molecule has 2 aromatic carbocycles. The topological polar surface area (TPSA) is 54.0 Å². The van der Waals surface area contributed by atoms with Gasteiger partial charge in [0.05, 0.1) is 21.3 Å². The summed E-state index contributed by atoms with van der Waals surface area (Å²) in [5, 5.41) is 6.86. The lowest BCUT2D eigenvalue weighted by Crippen LogP contribution is -2.12. The number of hydrogen-bond acceptors (Lipinski definition) is 3. The number of benzene rings is 2. The molecule has 1 amide bonds. The van der Waals surface area contributed by atoms with Crippen LogP contribution in [0.4, 0.5) is 11.4 Å². The Balaban J connectivity index is 1.67. The van der Waals surface area contributed by atoms with E-state index >= 15 is 0 Å². The van der Waals surface area contributed by atoms with Crippen molar-refractivity contribution in [1.29, 1.82) is 0 Å². The van der Waals surface area contributed by atoms with E-state index in [9.17, 15) is 4.79 Å². The first-order valence-corrected chi connectivity index (χ1v) is 8.36. The summed E-state index contributed by atoms with van der Waals surface area (Å²) in [5.74, 6) is -0.269. The van der Waals surface area contributed by atoms with Gasteiger partial charge in [0.1, 0.15) is 0 Å². The standard InChI is InChI=1S/C19H15Cl2N3O/c20-17-7-6-15(9-18(17)21)24-19(25)14-8-16(12-22-11-14)23-10-13-4-2-1-3-5-13/h1-9,11-12,23H,10H2,(H,24,25). The van der Waals surface area contributed by atoms with Crippen LogP contribution in [0.1, 0.15) is 15.9 Å². The van der Waals surface area contributed by atoms with E-state index in [1.165, 1.54) is 6.20 Å². The van der Waals surface area contributed by atoms with Crippen LogP contribution >= 0.6 is 23.2 Å². The Labute approximate surface area is 155 Å². The third-order valence-electron chi connectivity index (χ3n) is 3.52. The van der Waals surface area contributed by atoms with Crippen molar-refractivity contribution < 1.29 is 4.79 Å². The first-order chi connectivity index (χ1) is 12.1. The van der Waals surface area contributed by atoms with Gasteiger partial charge in [-0.1, -0.05) is 53.5 Å². The average Bonchev–Trinajstić information content (AvgIpc) is 2.64. The van der Waals surface area contributed by atoms with Crippen molar-refractivity contribution in [1.82, 2.24) is 4.98 Å². The Morgan fingerprint density at radius 3 is 2.48 bits per heavy atom. The average molecular weight is 372 g/mol. The highest BCUT2D eigenvalue weighted by Crippen LogP contribution is 2.25. The van der Waals surface area contributed by atoms with Crippen LogP contribution in [0.25, 0.3) is 0 Å². The van der Waals surface area contributed by atoms with E-state index in [0.717, 1.165) is 11.3 Å². The van der Waals surface area contributed by atoms with Crippen molar-refractivity contribution in [3.8, 4) is 0 Å². The minimum Gasteiger partial charge on any atom is -0.380 e. The largest absolute Gasteiger partial charge is 0.380 e. The number of pyridine rings is 1. The van der Waals surface area contributed by atoms with Crippen molar-refractivity contribution >= 4 is 40.5 Å². The zero-order valence-corrected chi connectivity index (χ0v) is 14.7. The maximum absolute atomic E-state index is 12.4. The van der Waals surface area contributed by atoms with Crippen molar-refractivity contribution in [2.75, 3.05) is 10.6 Å². The zero-order chi connectivity index (χ0) is 17.6. The summed E-state index contributed by atoms with van der Waals surface area (Å²) in [6.07, 6.45) is 3.19. The maximum Gasteiger partial charge on any atom is 0.257 e. The fourth-order valence-electron chi connectivity index (χ4n) is 2.24. The summed E-state index contributed by atoms with van der Waals surface area (Å²) in [6, 6.07) is 16.7. The van der Waals surface area contributed by atoms with Gasteiger partial charge in [-0.25, -0.2) is 0 Å². The van der Waals surface area contributed by atoms with Crippen LogP contribution in [0.5, 0.6) is 0 Å². The Morgan fingerprint density at radius 2 is 1.72 bits per heavy atom. The van der Waals surface area contributed by atoms with Crippen LogP contribution in [0.3, 0.4) is 0 Å². The molecule has 0 unspecified atom stereocenters. The van der Waals surface area contributed by atoms with Gasteiger partial charge >= 0.3 is 0 Å². The Hall–Kier alpha value is -2.56. The highest BCUT2D eigenvalue weighted by atomic mass is 35.5. The molecule has 0 atom stereocenters. The molecule has 0 aliphatic rings. The second kappa shape index (κ2) is 8.01. The van der Waals surface area contributed by atoms with Crippen LogP contribution in [0.15, 0.2) is 67.0 Å². The molecular formula is C19H15Cl2N3O. The molecular weight excluding hydrogens is 357 g/mol. The second-order valence-corrected chi connectivity index (χ2v) is 6.20. The van der Waals surface area contributed by atoms with Crippen molar-refractivity contribution in [2.24, 2.45) is 0 Å². The monoisotopic (exact) mass is 371 g/mol. The van der Waals surface area contributed by atoms with Gasteiger partial charge in [-0.2, -0.15) is 0 Å². The molecule has 2 N–H and O–H groups in total. The van der Waals surface area contributed by atoms with E-state index in [4.69, 9.17) is 23.2 Å². The van der Waals surface area contributed by atoms with E-state index in [-0.39, 0.29) is 5.91 Å². The molecule has 0 fully saturated rings. The van der Waals surface area contributed by atoms with Gasteiger partial charge in [0.25, 0.3) is 5.91 Å². The van der Waals surface area contributed by atoms with Crippen LogP contribution in [-0.2, 0) is 6.54 Å². The molecule has 3 aromatic rings. The zero-order valence-electron chi connectivity index (χ0n) is 13.2. The summed E-state index contributed by atoms with van der Waals surface area (Å²) >= 11 is 11.8. The Kier molecular flexibility index (Phi) is 5.53. The smallest absolute Gasteiger partial charge is 0.257 e. The van der Waals surface area contributed by atoms with E-state index < -0.39 is 0 Å². The van der Waals surface area contributed by atoms with E-state index in [2.05, 4.69) is 15.6 Å². The van der Waals surface area contributed by atoms with E-state index in [0.29, 0.717) is 27.8 Å². The quantitative estimate of drug-likeness (QED) is 0.643. The third kappa shape index (κ3) is 4.72. The molecule has 4 nitrogen and oxygen atoms in total. The SMILES string of the molecule is O=C(Nc1ccc(Cl)c(Cl)c1)c1cncc(NCc2ccccc2)c1. The Morgan fingerprint density at radius 1 is 0.920 bits per heavy atom. The fourth-order valence-corrected chi connectivity index (χ4v) is 2.54. The number of carbonyl (C=O) groups excluding carboxylic acids is 1. The minimum atomic E-state index is -0.269. The predicted octanol–water partition coefficient (Wildman–Crippen LogP) is 5.25. The van der Waals surface area contributed by atoms with Crippen molar-refractivity contribution in [3.05, 3.63) is 88.2 Å². The molecule has 25 heavy (non-hydrogen) atoms. The minimum absolute atomic E-state index is 0.269. The van der Waals surface area contributed by atoms with Gasteiger partial charge in [0, 0.05) is 24.6 Å². The van der Waals surface area contributed by atoms with Gasteiger partial charge in [-0.3, -0.25) is 9.78 Å². The maximum atomic E-state index is 12.4. The number of nitrogens with zero attached hydrogens (tertiary/aromatic N) is 1. The number of carbonyl (C=O) groups is 1. The molecule has 3 rings (SSSR count). The number of nitrogens with one attached hydrogen (secondary N) is 2. The van der Waals surface area contributed by atoms with Crippen LogP contribution in [0.2, 0.25) is 10.0 Å². The normalized spacial score (nSPS) is 10.3. The van der Waals surface area contributed by atoms with Gasteiger partial charge in [-0.05, 0) is 29.8 Å². The lowest BCUT2D eigenvalue weighted by atomic mass is 10.2. The number of amides is 1. The molecule has 0 saturated carbocycles. The van der Waals surface area contributed by atoms with Crippen molar-refractivity contribution in [3.63, 3.8) is 0 Å². The molecule has 0 saturated heterocycles. The Bertz CT molecular complexity index is 885. The lowest BCUT2D eigenvalue weighted by molar-refractivity contribution is 0.102. The number of halogens is 2. The predicted molar refractivity (Wildman–Crippen MR) is 102 cm³/mol. The molecule has 0 aliphatic carbocycles. The van der Waals surface area contributed by atoms with Gasteiger partial charge in [-0.15, -0.1) is 0 Å². The number of aromatic nitrogens is 1. The molecule has 0 bridgehead atoms. The molecule has 0 aliphatic heterocycles. The van der Waals surface area contributed by atoms with E-state index in [1.807, 2.05) is 30.3 Å². The number of rotatable bonds is 5. The molecule has 1 aromatic heterocycles. The van der Waals surface area contributed by atoms with Crippen LogP contribution < -0.4 is 10.6 Å². The summed E-state index contributed by atoms with van der Waals surface area (Å²) in [7, 11) is 0. The second-order valence-electron chi connectivity index (χ2n) is 5.38. The highest BCUT2D eigenvalue weighted by molar-refractivity contribution is 6.42. The summed E-state index contributed by atoms with van der Waals surface area (Å²) in [4.78, 5) is 16.5. The summed E-state index contributed by atoms with van der Waals surface area (Å²) < 4.78 is 0. The summed E-state index contributed by atoms with van der Waals surface area (Å²) in [5.41, 5.74) is 2.94. The first-order valence-electron chi connectivity index (χ1n) is 7.61. The molecule has 0 spiro atoms. The van der Waals surface area contributed by atoms with Gasteiger partial charge in [0.15, 0.2) is 0 Å². The summed E-state index contributed by atoms with van der Waals surface area (Å²) in [6.45, 7) is 0.653.